The summed E-state index contributed by atoms with van der Waals surface area (Å²) < 4.78 is 17.9. The number of rotatable bonds is 13. The monoisotopic (exact) mass is 1440 g/mol. The van der Waals surface area contributed by atoms with Crippen molar-refractivity contribution < 1.29 is 9.15 Å². The van der Waals surface area contributed by atoms with Gasteiger partial charge in [0.1, 0.15) is 22.7 Å². The summed E-state index contributed by atoms with van der Waals surface area (Å²) >= 11 is 1.84. The summed E-state index contributed by atoms with van der Waals surface area (Å²) in [6, 6.07) is 150. The van der Waals surface area contributed by atoms with Crippen LogP contribution >= 0.6 is 11.3 Å². The average molecular weight is 1440 g/mol. The smallest absolute Gasteiger partial charge is 0.137 e. The van der Waals surface area contributed by atoms with Crippen molar-refractivity contribution in [3.63, 3.8) is 0 Å². The van der Waals surface area contributed by atoms with Crippen LogP contribution in [0.15, 0.2) is 423 Å². The Balaban J connectivity index is 0.000000149. The van der Waals surface area contributed by atoms with E-state index in [1.807, 2.05) is 23.5 Å². The number of furan rings is 1. The van der Waals surface area contributed by atoms with E-state index in [0.717, 1.165) is 130 Å². The van der Waals surface area contributed by atoms with Crippen LogP contribution < -0.4 is 24.3 Å². The number of hydrogen-bond donors (Lipinski definition) is 0. The van der Waals surface area contributed by atoms with Crippen LogP contribution in [0.3, 0.4) is 0 Å². The lowest BCUT2D eigenvalue weighted by Gasteiger charge is -2.39. The highest BCUT2D eigenvalue weighted by Crippen LogP contribution is 2.63. The van der Waals surface area contributed by atoms with Gasteiger partial charge >= 0.3 is 0 Å². The number of thiophene rings is 1. The van der Waals surface area contributed by atoms with Crippen LogP contribution in [0.4, 0.5) is 68.2 Å². The Hall–Kier alpha value is -14.4. The molecule has 1 spiro atoms. The molecule has 22 rings (SSSR count). The van der Waals surface area contributed by atoms with Gasteiger partial charge in [0.25, 0.3) is 0 Å². The van der Waals surface area contributed by atoms with Crippen LogP contribution in [0.5, 0.6) is 11.5 Å². The number of nitrogens with zero attached hydrogens (tertiary/aromatic N) is 5. The second-order valence-corrected chi connectivity index (χ2v) is 29.4. The number of hydrogen-bond acceptors (Lipinski definition) is 7. The zero-order valence-electron chi connectivity index (χ0n) is 60.3. The maximum Gasteiger partial charge on any atom is 0.137 e. The summed E-state index contributed by atoms with van der Waals surface area (Å²) in [6.45, 7) is 0. The Morgan fingerprint density at radius 2 is 0.595 bits per heavy atom. The largest absolute Gasteiger partial charge is 0.457 e. The third-order valence-electron chi connectivity index (χ3n) is 22.0. The molecule has 1 aliphatic carbocycles. The minimum Gasteiger partial charge on any atom is -0.457 e. The van der Waals surface area contributed by atoms with Gasteiger partial charge in [0.05, 0.1) is 16.4 Å². The molecule has 0 bridgehead atoms. The first-order valence-corrected chi connectivity index (χ1v) is 38.5. The van der Waals surface area contributed by atoms with Crippen LogP contribution in [0.25, 0.3) is 80.7 Å². The molecule has 0 fully saturated rings. The third-order valence-corrected chi connectivity index (χ3v) is 23.1. The van der Waals surface area contributed by atoms with Crippen LogP contribution in [0.2, 0.25) is 0 Å². The van der Waals surface area contributed by atoms with Gasteiger partial charge in [-0.05, 0) is 204 Å². The molecule has 0 saturated heterocycles. The number of aromatic nitrogens is 1. The maximum atomic E-state index is 6.62. The molecule has 0 saturated carbocycles. The van der Waals surface area contributed by atoms with Gasteiger partial charge in [-0.2, -0.15) is 0 Å². The highest BCUT2D eigenvalue weighted by Gasteiger charge is 2.51. The van der Waals surface area contributed by atoms with E-state index in [1.54, 1.807) is 0 Å². The lowest BCUT2D eigenvalue weighted by atomic mass is 9.66. The van der Waals surface area contributed by atoms with Crippen molar-refractivity contribution in [1.29, 1.82) is 0 Å². The number of anilines is 12. The van der Waals surface area contributed by atoms with E-state index >= 15 is 0 Å². The number of benzene rings is 17. The van der Waals surface area contributed by atoms with E-state index < -0.39 is 5.41 Å². The minimum atomic E-state index is -0.529. The Bertz CT molecular complexity index is 6760. The molecule has 2 aliphatic rings. The molecule has 524 valence electrons. The van der Waals surface area contributed by atoms with E-state index in [2.05, 4.69) is 431 Å². The SMILES string of the molecule is c1ccc(N(c2ccc3c(c2)oc2ccccc23)c2ccc3c(c2)sc2ccc(N(c4ccccc4)c4ccccc4)cc23)cc1.c1ccc(N(c2ccccc2)c2ccc3c4ccc(N(c5ccccc5)c5ccc6c(c5)-c5ccccc5C65c6ccccc6Oc6ccccc65)cc4n(-c4ccccc4)c3c2)cc1. The molecule has 0 N–H and O–H groups in total. The van der Waals surface area contributed by atoms with Crippen molar-refractivity contribution in [2.24, 2.45) is 0 Å². The molecule has 20 aromatic rings. The van der Waals surface area contributed by atoms with Gasteiger partial charge < -0.3 is 33.3 Å². The second-order valence-electron chi connectivity index (χ2n) is 28.3. The third kappa shape index (κ3) is 11.0. The Morgan fingerprint density at radius 1 is 0.225 bits per heavy atom. The van der Waals surface area contributed by atoms with E-state index in [-0.39, 0.29) is 0 Å². The molecule has 0 unspecified atom stereocenters. The lowest BCUT2D eigenvalue weighted by molar-refractivity contribution is 0.436. The summed E-state index contributed by atoms with van der Waals surface area (Å²) in [5, 5.41) is 7.17. The molecule has 0 amide bonds. The van der Waals surface area contributed by atoms with Gasteiger partial charge in [0.15, 0.2) is 0 Å². The summed E-state index contributed by atoms with van der Waals surface area (Å²) in [6.07, 6.45) is 0. The summed E-state index contributed by atoms with van der Waals surface area (Å²) in [5.41, 5.74) is 25.2. The van der Waals surface area contributed by atoms with Crippen molar-refractivity contribution in [3.05, 3.63) is 441 Å². The Kier molecular flexibility index (Phi) is 15.8. The lowest BCUT2D eigenvalue weighted by Crippen LogP contribution is -2.32. The molecular weight excluding hydrogens is 1370 g/mol. The van der Waals surface area contributed by atoms with Gasteiger partial charge in [0.2, 0.25) is 0 Å². The first kappa shape index (κ1) is 64.9. The normalized spacial score (nSPS) is 12.3. The van der Waals surface area contributed by atoms with Crippen molar-refractivity contribution in [1.82, 2.24) is 4.57 Å². The Labute approximate surface area is 647 Å². The van der Waals surface area contributed by atoms with Crippen LogP contribution in [0, 0.1) is 0 Å². The van der Waals surface area contributed by atoms with Crippen molar-refractivity contribution in [3.8, 4) is 28.3 Å². The molecule has 17 aromatic carbocycles. The highest BCUT2D eigenvalue weighted by atomic mass is 32.1. The van der Waals surface area contributed by atoms with Crippen molar-refractivity contribution in [2.45, 2.75) is 5.41 Å². The zero-order valence-corrected chi connectivity index (χ0v) is 61.1. The number of ether oxygens (including phenoxy) is 1. The highest BCUT2D eigenvalue weighted by molar-refractivity contribution is 7.25. The molecule has 0 radical (unpaired) electrons. The predicted molar refractivity (Wildman–Crippen MR) is 464 cm³/mol. The quantitative estimate of drug-likeness (QED) is 0.115. The average Bonchev–Trinajstić information content (AvgIpc) is 1.54. The van der Waals surface area contributed by atoms with Gasteiger partial charge in [-0.15, -0.1) is 11.3 Å². The molecule has 0 atom stereocenters. The Morgan fingerprint density at radius 3 is 1.13 bits per heavy atom. The van der Waals surface area contributed by atoms with E-state index in [4.69, 9.17) is 9.15 Å². The van der Waals surface area contributed by atoms with E-state index in [1.165, 1.54) is 53.2 Å². The first-order chi connectivity index (χ1) is 55.1. The molecule has 1 aliphatic heterocycles. The zero-order chi connectivity index (χ0) is 73.4. The molecule has 4 heterocycles. The predicted octanol–water partition coefficient (Wildman–Crippen LogP) is 29.1. The fourth-order valence-corrected chi connectivity index (χ4v) is 18.4. The molecular formula is C103H69N5O2S. The summed E-state index contributed by atoms with van der Waals surface area (Å²) in [5.74, 6) is 1.79. The van der Waals surface area contributed by atoms with Gasteiger partial charge in [0, 0.05) is 133 Å². The maximum absolute atomic E-state index is 6.62. The fraction of sp³-hybridized carbons (Fsp3) is 0.00971. The van der Waals surface area contributed by atoms with Crippen molar-refractivity contribution in [2.75, 3.05) is 19.6 Å². The second kappa shape index (κ2) is 27.1. The van der Waals surface area contributed by atoms with Crippen LogP contribution in [-0.2, 0) is 5.41 Å². The van der Waals surface area contributed by atoms with Crippen molar-refractivity contribution >= 4 is 144 Å². The van der Waals surface area contributed by atoms with Gasteiger partial charge in [-0.3, -0.25) is 0 Å². The fourth-order valence-electron chi connectivity index (χ4n) is 17.3. The molecule has 7 nitrogen and oxygen atoms in total. The van der Waals surface area contributed by atoms with Gasteiger partial charge in [-0.1, -0.05) is 231 Å². The van der Waals surface area contributed by atoms with E-state index in [9.17, 15) is 0 Å². The topological polar surface area (TPSA) is 40.3 Å². The summed E-state index contributed by atoms with van der Waals surface area (Å²) in [4.78, 5) is 9.38. The number of fused-ring (bicyclic) bond motifs is 18. The van der Waals surface area contributed by atoms with Gasteiger partial charge in [-0.25, -0.2) is 0 Å². The molecule has 3 aromatic heterocycles. The molecule has 8 heteroatoms. The van der Waals surface area contributed by atoms with Crippen LogP contribution in [0.1, 0.15) is 22.3 Å². The standard InChI is InChI=1S/C61H41N3O.C42H28N2OS/c1-5-19-42(20-6-1)62(43-21-7-2-8-22-43)47-33-36-50-51-37-34-48(41-58(51)64(57(50)40-47)45-25-11-4-12-26-45)63(44-23-9-3-10-24-44)46-35-38-54-52(39-46)49-27-13-14-28-53(49)61(54)55-29-15-17-31-59(55)65-60-32-18-16-30-56(60)61;1-4-12-29(13-5-1)43(30-14-6-2-7-15-30)32-22-25-41-38(26-32)37-24-21-34(28-42(37)46-41)44(31-16-8-3-9-17-31)33-20-23-36-35-18-10-11-19-39(35)45-40(36)27-33/h1-41H;1-28H. The molecule has 111 heavy (non-hydrogen) atoms. The van der Waals surface area contributed by atoms with Crippen LogP contribution in [-0.4, -0.2) is 4.57 Å². The van der Waals surface area contributed by atoms with E-state index in [0.29, 0.717) is 0 Å². The summed E-state index contributed by atoms with van der Waals surface area (Å²) in [7, 11) is 0. The number of para-hydroxylation sites is 10. The first-order valence-electron chi connectivity index (χ1n) is 37.7. The minimum absolute atomic E-state index is 0.529.